The van der Waals surface area contributed by atoms with Gasteiger partial charge in [-0.2, -0.15) is 0 Å². The Morgan fingerprint density at radius 3 is 2.74 bits per heavy atom. The first-order valence-corrected chi connectivity index (χ1v) is 6.75. The highest BCUT2D eigenvalue weighted by molar-refractivity contribution is 7.80. The normalized spacial score (nSPS) is 10.1. The summed E-state index contributed by atoms with van der Waals surface area (Å²) in [5, 5.41) is 7.43. The monoisotopic (exact) mass is 302 g/mol. The highest BCUT2D eigenvalue weighted by Crippen LogP contribution is 2.30. The summed E-state index contributed by atoms with van der Waals surface area (Å²) in [7, 11) is 3.28. The van der Waals surface area contributed by atoms with Gasteiger partial charge in [-0.05, 0) is 37.2 Å². The molecule has 0 aliphatic heterocycles. The van der Waals surface area contributed by atoms with Crippen LogP contribution in [-0.2, 0) is 4.74 Å². The van der Waals surface area contributed by atoms with Gasteiger partial charge in [-0.15, -0.1) is 0 Å². The van der Waals surface area contributed by atoms with Crippen molar-refractivity contribution in [3.05, 3.63) is 22.7 Å². The van der Waals surface area contributed by atoms with E-state index in [0.717, 1.165) is 24.2 Å². The maximum absolute atomic E-state index is 6.05. The second-order valence-corrected chi connectivity index (χ2v) is 4.84. The van der Waals surface area contributed by atoms with Gasteiger partial charge in [-0.3, -0.25) is 0 Å². The number of hydrogen-bond acceptors (Lipinski definition) is 3. The average Bonchev–Trinajstić information content (AvgIpc) is 2.38. The van der Waals surface area contributed by atoms with E-state index >= 15 is 0 Å². The summed E-state index contributed by atoms with van der Waals surface area (Å²) in [5.74, 6) is 0.664. The van der Waals surface area contributed by atoms with Gasteiger partial charge < -0.3 is 20.1 Å². The van der Waals surface area contributed by atoms with E-state index in [1.165, 1.54) is 0 Å². The molecule has 4 nitrogen and oxygen atoms in total. The number of benzene rings is 1. The predicted molar refractivity (Wildman–Crippen MR) is 83.5 cm³/mol. The fraction of sp³-hybridized carbons (Fsp3) is 0.462. The molecule has 0 bridgehead atoms. The van der Waals surface area contributed by atoms with Crippen molar-refractivity contribution >= 4 is 34.6 Å². The molecule has 0 spiro atoms. The summed E-state index contributed by atoms with van der Waals surface area (Å²) in [6.45, 7) is 3.40. The Morgan fingerprint density at radius 2 is 2.11 bits per heavy atom. The second kappa shape index (κ2) is 8.19. The zero-order valence-electron chi connectivity index (χ0n) is 11.4. The van der Waals surface area contributed by atoms with E-state index in [4.69, 9.17) is 33.3 Å². The summed E-state index contributed by atoms with van der Waals surface area (Å²) in [6.07, 6.45) is 0.898. The molecule has 0 aromatic heterocycles. The van der Waals surface area contributed by atoms with Crippen molar-refractivity contribution in [2.24, 2.45) is 0 Å². The SMILES string of the molecule is COCCCNC(=S)Nc1cc(C)c(Cl)cc1OC. The van der Waals surface area contributed by atoms with Crippen LogP contribution in [0.5, 0.6) is 5.75 Å². The summed E-state index contributed by atoms with van der Waals surface area (Å²) in [6, 6.07) is 3.68. The van der Waals surface area contributed by atoms with Crippen molar-refractivity contribution in [2.45, 2.75) is 13.3 Å². The number of hydrogen-bond donors (Lipinski definition) is 2. The number of nitrogens with one attached hydrogen (secondary N) is 2. The molecule has 0 saturated heterocycles. The van der Waals surface area contributed by atoms with E-state index in [1.807, 2.05) is 13.0 Å². The van der Waals surface area contributed by atoms with Crippen LogP contribution in [-0.4, -0.2) is 32.5 Å². The molecule has 0 atom stereocenters. The number of rotatable bonds is 6. The standard InChI is InChI=1S/C13H19ClN2O2S/c1-9-7-11(12(18-3)8-10(9)14)16-13(19)15-5-4-6-17-2/h7-8H,4-6H2,1-3H3,(H2,15,16,19). The maximum Gasteiger partial charge on any atom is 0.170 e. The fourth-order valence-corrected chi connectivity index (χ4v) is 1.88. The van der Waals surface area contributed by atoms with E-state index in [0.29, 0.717) is 22.5 Å². The maximum atomic E-state index is 6.05. The Kier molecular flexibility index (Phi) is 6.91. The van der Waals surface area contributed by atoms with Gasteiger partial charge in [-0.25, -0.2) is 0 Å². The molecule has 0 aliphatic carbocycles. The largest absolute Gasteiger partial charge is 0.495 e. The quantitative estimate of drug-likeness (QED) is 0.625. The number of thiocarbonyl (C=S) groups is 1. The van der Waals surface area contributed by atoms with Gasteiger partial charge in [0.05, 0.1) is 12.8 Å². The van der Waals surface area contributed by atoms with Crippen molar-refractivity contribution in [3.8, 4) is 5.75 Å². The van der Waals surface area contributed by atoms with Crippen LogP contribution in [0.1, 0.15) is 12.0 Å². The lowest BCUT2D eigenvalue weighted by Gasteiger charge is -2.14. The summed E-state index contributed by atoms with van der Waals surface area (Å²) in [4.78, 5) is 0. The van der Waals surface area contributed by atoms with Crippen LogP contribution in [0.25, 0.3) is 0 Å². The molecule has 0 saturated carbocycles. The average molecular weight is 303 g/mol. The molecule has 6 heteroatoms. The molecule has 2 N–H and O–H groups in total. The Morgan fingerprint density at radius 1 is 1.37 bits per heavy atom. The molecular formula is C13H19ClN2O2S. The minimum Gasteiger partial charge on any atom is -0.495 e. The van der Waals surface area contributed by atoms with E-state index in [9.17, 15) is 0 Å². The molecule has 0 amide bonds. The van der Waals surface area contributed by atoms with Crippen LogP contribution < -0.4 is 15.4 Å². The minimum absolute atomic E-state index is 0.552. The highest BCUT2D eigenvalue weighted by Gasteiger charge is 2.08. The smallest absolute Gasteiger partial charge is 0.170 e. The molecule has 1 rings (SSSR count). The lowest BCUT2D eigenvalue weighted by Crippen LogP contribution is -2.29. The number of aryl methyl sites for hydroxylation is 1. The molecule has 0 unspecified atom stereocenters. The number of anilines is 1. The van der Waals surface area contributed by atoms with E-state index in [2.05, 4.69) is 10.6 Å². The summed E-state index contributed by atoms with van der Waals surface area (Å²) in [5.41, 5.74) is 1.76. The Hall–Kier alpha value is -1.04. The third-order valence-corrected chi connectivity index (χ3v) is 3.19. The van der Waals surface area contributed by atoms with Gasteiger partial charge in [0.15, 0.2) is 5.11 Å². The fourth-order valence-electron chi connectivity index (χ4n) is 1.51. The number of ether oxygens (including phenoxy) is 2. The van der Waals surface area contributed by atoms with Crippen LogP contribution in [0, 0.1) is 6.92 Å². The molecule has 106 valence electrons. The van der Waals surface area contributed by atoms with Crippen molar-refractivity contribution in [3.63, 3.8) is 0 Å². The van der Waals surface area contributed by atoms with Gasteiger partial charge in [0.1, 0.15) is 5.75 Å². The minimum atomic E-state index is 0.552. The second-order valence-electron chi connectivity index (χ2n) is 4.03. The van der Waals surface area contributed by atoms with Gasteiger partial charge in [-0.1, -0.05) is 11.6 Å². The van der Waals surface area contributed by atoms with Gasteiger partial charge in [0.2, 0.25) is 0 Å². The Bertz CT molecular complexity index is 441. The third kappa shape index (κ3) is 5.22. The van der Waals surface area contributed by atoms with E-state index < -0.39 is 0 Å². The third-order valence-electron chi connectivity index (χ3n) is 2.54. The van der Waals surface area contributed by atoms with Crippen LogP contribution in [0.15, 0.2) is 12.1 Å². The Balaban J connectivity index is 2.60. The van der Waals surface area contributed by atoms with Crippen LogP contribution in [0.3, 0.4) is 0 Å². The molecule has 1 aromatic rings. The first kappa shape index (κ1) is 16.0. The van der Waals surface area contributed by atoms with Gasteiger partial charge in [0, 0.05) is 31.4 Å². The molecule has 0 radical (unpaired) electrons. The molecule has 0 aliphatic rings. The molecule has 0 heterocycles. The zero-order chi connectivity index (χ0) is 14.3. The van der Waals surface area contributed by atoms with E-state index in [1.54, 1.807) is 20.3 Å². The van der Waals surface area contributed by atoms with Gasteiger partial charge >= 0.3 is 0 Å². The predicted octanol–water partition coefficient (Wildman–Crippen LogP) is 2.98. The molecule has 1 aromatic carbocycles. The number of halogens is 1. The summed E-state index contributed by atoms with van der Waals surface area (Å²) >= 11 is 11.3. The first-order chi connectivity index (χ1) is 9.08. The van der Waals surface area contributed by atoms with Crippen LogP contribution in [0.4, 0.5) is 5.69 Å². The lowest BCUT2D eigenvalue weighted by atomic mass is 10.2. The number of methoxy groups -OCH3 is 2. The highest BCUT2D eigenvalue weighted by atomic mass is 35.5. The molecule has 19 heavy (non-hydrogen) atoms. The van der Waals surface area contributed by atoms with Crippen molar-refractivity contribution in [2.75, 3.05) is 32.7 Å². The van der Waals surface area contributed by atoms with Crippen molar-refractivity contribution < 1.29 is 9.47 Å². The van der Waals surface area contributed by atoms with Crippen LogP contribution in [0.2, 0.25) is 5.02 Å². The molecular weight excluding hydrogens is 284 g/mol. The lowest BCUT2D eigenvalue weighted by molar-refractivity contribution is 0.196. The Labute approximate surface area is 124 Å². The molecule has 0 fully saturated rings. The topological polar surface area (TPSA) is 42.5 Å². The summed E-state index contributed by atoms with van der Waals surface area (Å²) < 4.78 is 10.2. The van der Waals surface area contributed by atoms with Crippen molar-refractivity contribution in [1.29, 1.82) is 0 Å². The first-order valence-electron chi connectivity index (χ1n) is 5.96. The van der Waals surface area contributed by atoms with Crippen LogP contribution >= 0.6 is 23.8 Å². The van der Waals surface area contributed by atoms with E-state index in [-0.39, 0.29) is 0 Å². The van der Waals surface area contributed by atoms with Gasteiger partial charge in [0.25, 0.3) is 0 Å². The van der Waals surface area contributed by atoms with Crippen molar-refractivity contribution in [1.82, 2.24) is 5.32 Å². The zero-order valence-corrected chi connectivity index (χ0v) is 13.0.